The normalized spacial score (nSPS) is 17.6. The lowest BCUT2D eigenvalue weighted by Gasteiger charge is -2.38. The molecule has 2 amide bonds. The number of carbonyl (C=O) groups is 1. The zero-order chi connectivity index (χ0) is 32.4. The van der Waals surface area contributed by atoms with E-state index >= 15 is 0 Å². The number of anilines is 2. The maximum Gasteiger partial charge on any atom is 0.323 e. The van der Waals surface area contributed by atoms with E-state index in [1.165, 1.54) is 5.56 Å². The number of nitrogens with zero attached hydrogens (tertiary/aromatic N) is 1. The van der Waals surface area contributed by atoms with Crippen molar-refractivity contribution in [3.05, 3.63) is 156 Å². The van der Waals surface area contributed by atoms with Crippen LogP contribution >= 0.6 is 0 Å². The van der Waals surface area contributed by atoms with Crippen molar-refractivity contribution in [2.24, 2.45) is 0 Å². The first-order chi connectivity index (χ1) is 23.0. The first-order valence-electron chi connectivity index (χ1n) is 15.7. The Balaban J connectivity index is 1.12. The van der Waals surface area contributed by atoms with E-state index in [1.807, 2.05) is 97.1 Å². The minimum absolute atomic E-state index is 0.00814. The van der Waals surface area contributed by atoms with Crippen molar-refractivity contribution >= 4 is 17.4 Å². The van der Waals surface area contributed by atoms with Crippen LogP contribution in [-0.4, -0.2) is 35.7 Å². The number of carbonyl (C=O) groups excluding carboxylic acids is 1. The van der Waals surface area contributed by atoms with Crippen LogP contribution in [0.15, 0.2) is 133 Å². The summed E-state index contributed by atoms with van der Waals surface area (Å²) in [6.45, 7) is 1.51. The number of hydrogen-bond acceptors (Lipinski definition) is 6. The zero-order valence-corrected chi connectivity index (χ0v) is 26.3. The van der Waals surface area contributed by atoms with Crippen LogP contribution in [0.2, 0.25) is 0 Å². The van der Waals surface area contributed by atoms with Gasteiger partial charge in [-0.25, -0.2) is 4.79 Å². The zero-order valence-electron chi connectivity index (χ0n) is 26.3. The fourth-order valence-electron chi connectivity index (χ4n) is 5.63. The molecule has 6 rings (SSSR count). The van der Waals surface area contributed by atoms with Crippen LogP contribution in [0.25, 0.3) is 0 Å². The molecule has 8 heteroatoms. The summed E-state index contributed by atoms with van der Waals surface area (Å²) in [5, 5.41) is 15.3. The molecule has 1 aliphatic rings. The smallest absolute Gasteiger partial charge is 0.323 e. The molecule has 0 unspecified atom stereocenters. The summed E-state index contributed by atoms with van der Waals surface area (Å²) in [5.74, 6) is 1.42. The molecule has 1 fully saturated rings. The first-order valence-corrected chi connectivity index (χ1v) is 15.7. The SMILES string of the molecule is CN(Cc1ccccc1)C[C@@H]1C[C@H](c2ccc(CO)cc2)O[C@H](c2cccc(NC(=O)Nc3ccc(Oc4ccccc4)cc3)c2)O1. The van der Waals surface area contributed by atoms with Gasteiger partial charge in [0, 0.05) is 36.4 Å². The molecule has 5 aromatic rings. The van der Waals surface area contributed by atoms with E-state index in [2.05, 4.69) is 46.8 Å². The van der Waals surface area contributed by atoms with E-state index in [0.29, 0.717) is 23.5 Å². The molecule has 0 aliphatic carbocycles. The Kier molecular flexibility index (Phi) is 10.6. The Bertz CT molecular complexity index is 1720. The van der Waals surface area contributed by atoms with E-state index < -0.39 is 6.29 Å². The largest absolute Gasteiger partial charge is 0.457 e. The van der Waals surface area contributed by atoms with Gasteiger partial charge in [0.15, 0.2) is 6.29 Å². The van der Waals surface area contributed by atoms with Gasteiger partial charge in [0.2, 0.25) is 0 Å². The lowest BCUT2D eigenvalue weighted by Crippen LogP contribution is -2.37. The summed E-state index contributed by atoms with van der Waals surface area (Å²) in [7, 11) is 2.10. The van der Waals surface area contributed by atoms with Gasteiger partial charge in [0.1, 0.15) is 11.5 Å². The van der Waals surface area contributed by atoms with E-state index in [4.69, 9.17) is 14.2 Å². The maximum absolute atomic E-state index is 12.9. The number of nitrogens with one attached hydrogen (secondary N) is 2. The number of aliphatic hydroxyl groups excluding tert-OH is 1. The number of para-hydroxylation sites is 1. The van der Waals surface area contributed by atoms with E-state index in [9.17, 15) is 9.90 Å². The van der Waals surface area contributed by atoms with Crippen LogP contribution < -0.4 is 15.4 Å². The summed E-state index contributed by atoms with van der Waals surface area (Å²) in [5.41, 5.74) is 5.17. The van der Waals surface area contributed by atoms with Gasteiger partial charge in [-0.3, -0.25) is 4.90 Å². The fraction of sp³-hybridized carbons (Fsp3) is 0.205. The topological polar surface area (TPSA) is 92.3 Å². The molecule has 1 aliphatic heterocycles. The lowest BCUT2D eigenvalue weighted by molar-refractivity contribution is -0.252. The molecule has 3 N–H and O–H groups in total. The van der Waals surface area contributed by atoms with Gasteiger partial charge in [-0.15, -0.1) is 0 Å². The molecule has 1 heterocycles. The minimum Gasteiger partial charge on any atom is -0.457 e. The predicted octanol–water partition coefficient (Wildman–Crippen LogP) is 8.29. The average Bonchev–Trinajstić information content (AvgIpc) is 3.10. The summed E-state index contributed by atoms with van der Waals surface area (Å²) in [6.07, 6.45) is -0.253. The standard InChI is InChI=1S/C39H39N3O5/c1-42(25-28-9-4-2-5-10-28)26-36-24-37(30-17-15-29(27-43)16-18-30)47-38(46-36)31-11-8-12-33(23-31)41-39(44)40-32-19-21-35(22-20-32)45-34-13-6-3-7-14-34/h2-23,36-38,43H,24-27H2,1H3,(H2,40,41,44)/t36-,37+,38+/m0/s1. The molecule has 0 saturated carbocycles. The van der Waals surface area contributed by atoms with Crippen molar-refractivity contribution in [2.75, 3.05) is 24.2 Å². The number of likely N-dealkylation sites (N-methyl/N-ethyl adjacent to an activating group) is 1. The molecule has 0 aromatic heterocycles. The predicted molar refractivity (Wildman–Crippen MR) is 183 cm³/mol. The number of benzene rings is 5. The summed E-state index contributed by atoms with van der Waals surface area (Å²) in [6, 6.07) is 42.1. The third kappa shape index (κ3) is 9.06. The van der Waals surface area contributed by atoms with Gasteiger partial charge in [0.05, 0.1) is 18.8 Å². The second kappa shape index (κ2) is 15.5. The Hall–Kier alpha value is -4.99. The number of urea groups is 1. The molecule has 1 saturated heterocycles. The van der Waals surface area contributed by atoms with Crippen molar-refractivity contribution in [3.63, 3.8) is 0 Å². The number of hydrogen-bond donors (Lipinski definition) is 3. The highest BCUT2D eigenvalue weighted by Gasteiger charge is 2.33. The molecule has 5 aromatic carbocycles. The molecule has 0 spiro atoms. The first kappa shape index (κ1) is 32.0. The van der Waals surface area contributed by atoms with E-state index in [0.717, 1.165) is 35.5 Å². The Labute approximate surface area is 275 Å². The molecule has 0 radical (unpaired) electrons. The van der Waals surface area contributed by atoms with E-state index in [-0.39, 0.29) is 24.8 Å². The van der Waals surface area contributed by atoms with Crippen molar-refractivity contribution < 1.29 is 24.1 Å². The quantitative estimate of drug-likeness (QED) is 0.136. The summed E-state index contributed by atoms with van der Waals surface area (Å²) >= 11 is 0. The van der Waals surface area contributed by atoms with Gasteiger partial charge in [-0.2, -0.15) is 0 Å². The lowest BCUT2D eigenvalue weighted by atomic mass is 9.99. The van der Waals surface area contributed by atoms with Gasteiger partial charge < -0.3 is 30.0 Å². The highest BCUT2D eigenvalue weighted by molar-refractivity contribution is 5.99. The second-order valence-corrected chi connectivity index (χ2v) is 11.7. The highest BCUT2D eigenvalue weighted by atomic mass is 16.7. The Morgan fingerprint density at radius 2 is 1.43 bits per heavy atom. The second-order valence-electron chi connectivity index (χ2n) is 11.7. The van der Waals surface area contributed by atoms with Crippen molar-refractivity contribution in [3.8, 4) is 11.5 Å². The number of rotatable bonds is 11. The number of ether oxygens (including phenoxy) is 3. The number of amides is 2. The third-order valence-electron chi connectivity index (χ3n) is 7.93. The van der Waals surface area contributed by atoms with Crippen LogP contribution in [0, 0.1) is 0 Å². The van der Waals surface area contributed by atoms with Crippen LogP contribution in [0.5, 0.6) is 11.5 Å². The van der Waals surface area contributed by atoms with Gasteiger partial charge in [-0.1, -0.05) is 84.9 Å². The molecule has 240 valence electrons. The summed E-state index contributed by atoms with van der Waals surface area (Å²) in [4.78, 5) is 15.2. The van der Waals surface area contributed by atoms with Crippen molar-refractivity contribution in [1.29, 1.82) is 0 Å². The van der Waals surface area contributed by atoms with Crippen LogP contribution in [-0.2, 0) is 22.6 Å². The van der Waals surface area contributed by atoms with Gasteiger partial charge in [-0.05, 0) is 72.3 Å². The third-order valence-corrected chi connectivity index (χ3v) is 7.93. The van der Waals surface area contributed by atoms with Gasteiger partial charge >= 0.3 is 6.03 Å². The minimum atomic E-state index is -0.636. The van der Waals surface area contributed by atoms with Crippen molar-refractivity contribution in [2.45, 2.75) is 38.1 Å². The Morgan fingerprint density at radius 1 is 0.745 bits per heavy atom. The fourth-order valence-corrected chi connectivity index (χ4v) is 5.63. The molecular formula is C39H39N3O5. The highest BCUT2D eigenvalue weighted by Crippen LogP contribution is 2.38. The average molecular weight is 630 g/mol. The summed E-state index contributed by atoms with van der Waals surface area (Å²) < 4.78 is 18.9. The molecule has 3 atom stereocenters. The molecular weight excluding hydrogens is 590 g/mol. The van der Waals surface area contributed by atoms with Crippen LogP contribution in [0.1, 0.15) is 41.1 Å². The van der Waals surface area contributed by atoms with Gasteiger partial charge in [0.25, 0.3) is 0 Å². The Morgan fingerprint density at radius 3 is 2.15 bits per heavy atom. The number of aliphatic hydroxyl groups is 1. The molecule has 8 nitrogen and oxygen atoms in total. The van der Waals surface area contributed by atoms with Crippen LogP contribution in [0.4, 0.5) is 16.2 Å². The van der Waals surface area contributed by atoms with Crippen LogP contribution in [0.3, 0.4) is 0 Å². The van der Waals surface area contributed by atoms with E-state index in [1.54, 1.807) is 12.1 Å². The maximum atomic E-state index is 12.9. The van der Waals surface area contributed by atoms with Crippen molar-refractivity contribution in [1.82, 2.24) is 4.90 Å². The molecule has 47 heavy (non-hydrogen) atoms. The molecule has 0 bridgehead atoms. The monoisotopic (exact) mass is 629 g/mol.